The van der Waals surface area contributed by atoms with Crippen LogP contribution in [0.1, 0.15) is 32.0 Å². The fourth-order valence-electron chi connectivity index (χ4n) is 2.35. The molecule has 0 fully saturated rings. The van der Waals surface area contributed by atoms with E-state index in [0.29, 0.717) is 24.3 Å². The third-order valence-electron chi connectivity index (χ3n) is 3.65. The van der Waals surface area contributed by atoms with Crippen molar-refractivity contribution in [2.45, 2.75) is 13.3 Å². The molecule has 0 aliphatic carbocycles. The van der Waals surface area contributed by atoms with E-state index < -0.39 is 5.97 Å². The predicted octanol–water partition coefficient (Wildman–Crippen LogP) is 2.08. The molecule has 1 heterocycles. The fourth-order valence-corrected chi connectivity index (χ4v) is 2.35. The average molecular weight is 344 g/mol. The molecule has 7 heteroatoms. The smallest absolute Gasteiger partial charge is 0.335 e. The number of carbonyl (C=O) groups excluding carboxylic acids is 1. The minimum absolute atomic E-state index is 0.153. The summed E-state index contributed by atoms with van der Waals surface area (Å²) in [5, 5.41) is 11.8. The number of pyridine rings is 1. The maximum Gasteiger partial charge on any atom is 0.335 e. The van der Waals surface area contributed by atoms with E-state index >= 15 is 0 Å². The highest BCUT2D eigenvalue weighted by molar-refractivity contribution is 5.96. The van der Waals surface area contributed by atoms with Crippen LogP contribution in [0.25, 0.3) is 0 Å². The summed E-state index contributed by atoms with van der Waals surface area (Å²) in [5.74, 6) is -0.549. The quantitative estimate of drug-likeness (QED) is 0.798. The molecule has 2 aromatic rings. The monoisotopic (exact) mass is 344 g/mol. The molecule has 2 rings (SSSR count). The van der Waals surface area contributed by atoms with Crippen molar-refractivity contribution in [3.8, 4) is 11.6 Å². The first-order chi connectivity index (χ1) is 12.0. The second-order valence-corrected chi connectivity index (χ2v) is 5.35. The van der Waals surface area contributed by atoms with Crippen LogP contribution in [0.2, 0.25) is 0 Å². The van der Waals surface area contributed by atoms with Crippen molar-refractivity contribution in [3.05, 3.63) is 52.7 Å². The topological polar surface area (TPSA) is 97.8 Å². The van der Waals surface area contributed by atoms with Gasteiger partial charge in [0.25, 0.3) is 5.91 Å². The van der Waals surface area contributed by atoms with E-state index in [9.17, 15) is 9.59 Å². The zero-order valence-electron chi connectivity index (χ0n) is 14.3. The van der Waals surface area contributed by atoms with Crippen molar-refractivity contribution >= 4 is 11.9 Å². The van der Waals surface area contributed by atoms with Crippen LogP contribution in [-0.4, -0.2) is 42.7 Å². The molecule has 1 aromatic carbocycles. The van der Waals surface area contributed by atoms with Crippen molar-refractivity contribution in [1.29, 1.82) is 0 Å². The molecule has 0 atom stereocenters. The molecule has 132 valence electrons. The summed E-state index contributed by atoms with van der Waals surface area (Å²) in [7, 11) is 2.94. The molecule has 7 nitrogen and oxygen atoms in total. The van der Waals surface area contributed by atoms with Gasteiger partial charge in [-0.15, -0.1) is 0 Å². The number of hydrogen-bond donors (Lipinski definition) is 2. The number of rotatable bonds is 7. The molecule has 0 saturated carbocycles. The summed E-state index contributed by atoms with van der Waals surface area (Å²) in [5.41, 5.74) is 2.08. The number of carboxylic acid groups (broad SMARTS) is 1. The Bertz CT molecular complexity index is 789. The summed E-state index contributed by atoms with van der Waals surface area (Å²) in [6.45, 7) is 2.18. The highest BCUT2D eigenvalue weighted by Gasteiger charge is 2.14. The Morgan fingerprint density at radius 1 is 1.16 bits per heavy atom. The van der Waals surface area contributed by atoms with E-state index in [2.05, 4.69) is 10.3 Å². The van der Waals surface area contributed by atoms with Gasteiger partial charge in [0.1, 0.15) is 11.3 Å². The molecule has 25 heavy (non-hydrogen) atoms. The molecule has 1 amide bonds. The van der Waals surface area contributed by atoms with Crippen LogP contribution >= 0.6 is 0 Å². The zero-order chi connectivity index (χ0) is 18.4. The minimum Gasteiger partial charge on any atom is -0.496 e. The van der Waals surface area contributed by atoms with Crippen molar-refractivity contribution in [2.24, 2.45) is 0 Å². The lowest BCUT2D eigenvalue weighted by molar-refractivity contribution is 0.0696. The van der Waals surface area contributed by atoms with E-state index in [1.807, 2.05) is 6.92 Å². The van der Waals surface area contributed by atoms with Crippen LogP contribution in [0.15, 0.2) is 30.3 Å². The molecule has 0 unspecified atom stereocenters. The number of hydrogen-bond acceptors (Lipinski definition) is 5. The van der Waals surface area contributed by atoms with Crippen molar-refractivity contribution < 1.29 is 24.2 Å². The van der Waals surface area contributed by atoms with Gasteiger partial charge in [0.15, 0.2) is 0 Å². The Morgan fingerprint density at radius 3 is 2.56 bits per heavy atom. The molecular formula is C18H20N2O5. The second kappa shape index (κ2) is 8.14. The molecule has 0 spiro atoms. The molecule has 0 aliphatic heterocycles. The molecule has 1 aromatic heterocycles. The number of aromatic nitrogens is 1. The largest absolute Gasteiger partial charge is 0.496 e. The lowest BCUT2D eigenvalue weighted by Crippen LogP contribution is -2.26. The van der Waals surface area contributed by atoms with Crippen LogP contribution in [0.5, 0.6) is 11.6 Å². The van der Waals surface area contributed by atoms with E-state index in [1.54, 1.807) is 18.2 Å². The van der Waals surface area contributed by atoms with Crippen molar-refractivity contribution in [2.75, 3.05) is 20.8 Å². The Kier molecular flexibility index (Phi) is 5.94. The van der Waals surface area contributed by atoms with Gasteiger partial charge in [-0.2, -0.15) is 0 Å². The Labute approximate surface area is 145 Å². The van der Waals surface area contributed by atoms with Crippen LogP contribution in [0.3, 0.4) is 0 Å². The fraction of sp³-hybridized carbons (Fsp3) is 0.278. The summed E-state index contributed by atoms with van der Waals surface area (Å²) in [4.78, 5) is 27.5. The van der Waals surface area contributed by atoms with E-state index in [-0.39, 0.29) is 17.4 Å². The highest BCUT2D eigenvalue weighted by Crippen LogP contribution is 2.21. The summed E-state index contributed by atoms with van der Waals surface area (Å²) in [6.07, 6.45) is 0.496. The first kappa shape index (κ1) is 18.3. The number of methoxy groups -OCH3 is 2. The van der Waals surface area contributed by atoms with Gasteiger partial charge in [0.05, 0.1) is 19.8 Å². The van der Waals surface area contributed by atoms with Crippen LogP contribution in [-0.2, 0) is 6.42 Å². The number of nitrogens with one attached hydrogen (secondary N) is 1. The number of amides is 1. The van der Waals surface area contributed by atoms with E-state index in [1.165, 1.54) is 26.4 Å². The van der Waals surface area contributed by atoms with Gasteiger partial charge in [0.2, 0.25) is 5.88 Å². The number of carbonyl (C=O) groups is 2. The van der Waals surface area contributed by atoms with Gasteiger partial charge in [-0.05, 0) is 43.2 Å². The van der Waals surface area contributed by atoms with Gasteiger partial charge in [-0.3, -0.25) is 4.79 Å². The minimum atomic E-state index is -1.02. The SMILES string of the molecule is COc1cc(C(=O)O)ccc1CCNC(=O)c1ccc(C)nc1OC. The van der Waals surface area contributed by atoms with Crippen molar-refractivity contribution in [3.63, 3.8) is 0 Å². The highest BCUT2D eigenvalue weighted by atomic mass is 16.5. The number of aromatic carboxylic acids is 1. The molecule has 2 N–H and O–H groups in total. The third-order valence-corrected chi connectivity index (χ3v) is 3.65. The maximum absolute atomic E-state index is 12.3. The third kappa shape index (κ3) is 4.47. The first-order valence-electron chi connectivity index (χ1n) is 7.66. The summed E-state index contributed by atoms with van der Waals surface area (Å²) < 4.78 is 10.4. The average Bonchev–Trinajstić information content (AvgIpc) is 2.61. The molecule has 0 radical (unpaired) electrons. The molecule has 0 bridgehead atoms. The van der Waals surface area contributed by atoms with Gasteiger partial charge < -0.3 is 19.9 Å². The zero-order valence-corrected chi connectivity index (χ0v) is 14.3. The number of aryl methyl sites for hydroxylation is 1. The van der Waals surface area contributed by atoms with Crippen LogP contribution < -0.4 is 14.8 Å². The van der Waals surface area contributed by atoms with Crippen LogP contribution in [0, 0.1) is 6.92 Å². The lowest BCUT2D eigenvalue weighted by Gasteiger charge is -2.11. The molecule has 0 saturated heterocycles. The maximum atomic E-state index is 12.3. The van der Waals surface area contributed by atoms with Gasteiger partial charge in [-0.1, -0.05) is 6.07 Å². The molecule has 0 aliphatic rings. The number of nitrogens with zero attached hydrogens (tertiary/aromatic N) is 1. The lowest BCUT2D eigenvalue weighted by atomic mass is 10.1. The Hall–Kier alpha value is -3.09. The summed E-state index contributed by atoms with van der Waals surface area (Å²) >= 11 is 0. The standard InChI is InChI=1S/C18H20N2O5/c1-11-4-7-14(17(20-11)25-3)16(21)19-9-8-12-5-6-13(18(22)23)10-15(12)24-2/h4-7,10H,8-9H2,1-3H3,(H,19,21)(H,22,23). The normalized spacial score (nSPS) is 10.2. The summed E-state index contributed by atoms with van der Waals surface area (Å²) in [6, 6.07) is 8.06. The number of ether oxygens (including phenoxy) is 2. The van der Waals surface area contributed by atoms with Gasteiger partial charge >= 0.3 is 5.97 Å². The van der Waals surface area contributed by atoms with Gasteiger partial charge in [-0.25, -0.2) is 9.78 Å². The Balaban J connectivity index is 2.03. The van der Waals surface area contributed by atoms with E-state index in [0.717, 1.165) is 11.3 Å². The Morgan fingerprint density at radius 2 is 1.92 bits per heavy atom. The number of benzene rings is 1. The van der Waals surface area contributed by atoms with E-state index in [4.69, 9.17) is 14.6 Å². The predicted molar refractivity (Wildman–Crippen MR) is 91.5 cm³/mol. The number of carboxylic acids is 1. The van der Waals surface area contributed by atoms with Gasteiger partial charge in [0, 0.05) is 12.2 Å². The molecular weight excluding hydrogens is 324 g/mol. The first-order valence-corrected chi connectivity index (χ1v) is 7.66. The van der Waals surface area contributed by atoms with Crippen molar-refractivity contribution in [1.82, 2.24) is 10.3 Å². The van der Waals surface area contributed by atoms with Crippen LogP contribution in [0.4, 0.5) is 0 Å². The second-order valence-electron chi connectivity index (χ2n) is 5.35.